The minimum atomic E-state index is 0.115. The molecule has 0 bridgehead atoms. The van der Waals surface area contributed by atoms with Crippen LogP contribution >= 0.6 is 0 Å². The molecule has 80 valence electrons. The lowest BCUT2D eigenvalue weighted by molar-refractivity contribution is -0.425. The van der Waals surface area contributed by atoms with Gasteiger partial charge in [0.2, 0.25) is 0 Å². The highest BCUT2D eigenvalue weighted by Crippen LogP contribution is 2.11. The van der Waals surface area contributed by atoms with Crippen molar-refractivity contribution in [2.24, 2.45) is 0 Å². The fourth-order valence-electron chi connectivity index (χ4n) is 1.81. The number of carbonyl (C=O) groups is 1. The number of likely N-dealkylation sites (tertiary alicyclic amines) is 1. The molecular weight excluding hydrogens is 190 g/mol. The molecule has 0 unspecified atom stereocenters. The Kier molecular flexibility index (Phi) is 2.97. The van der Waals surface area contributed by atoms with E-state index >= 15 is 0 Å². The van der Waals surface area contributed by atoms with Gasteiger partial charge in [0.05, 0.1) is 6.04 Å². The molecule has 1 amide bonds. The Bertz CT molecular complexity index is 331. The average Bonchev–Trinajstić information content (AvgIpc) is 2.30. The third-order valence-electron chi connectivity index (χ3n) is 2.83. The van der Waals surface area contributed by atoms with Crippen LogP contribution in [0.2, 0.25) is 0 Å². The third-order valence-corrected chi connectivity index (χ3v) is 2.83. The van der Waals surface area contributed by atoms with Crippen LogP contribution in [0.3, 0.4) is 0 Å². The molecule has 0 atom stereocenters. The summed E-state index contributed by atoms with van der Waals surface area (Å²) >= 11 is 0. The van der Waals surface area contributed by atoms with Crippen molar-refractivity contribution in [3.63, 3.8) is 0 Å². The number of hydrogen-bond donors (Lipinski definition) is 1. The van der Waals surface area contributed by atoms with Gasteiger partial charge in [0.25, 0.3) is 5.91 Å². The lowest BCUT2D eigenvalue weighted by Crippen LogP contribution is -2.64. The van der Waals surface area contributed by atoms with E-state index in [9.17, 15) is 4.79 Å². The Hall–Kier alpha value is -1.42. The van der Waals surface area contributed by atoms with E-state index < -0.39 is 0 Å². The highest BCUT2D eigenvalue weighted by Gasteiger charge is 2.22. The van der Waals surface area contributed by atoms with Gasteiger partial charge in [-0.25, -0.2) is 0 Å². The average molecular weight is 206 g/mol. The molecule has 4 nitrogen and oxygen atoms in total. The molecule has 1 saturated heterocycles. The first-order valence-corrected chi connectivity index (χ1v) is 5.30. The van der Waals surface area contributed by atoms with E-state index in [1.807, 2.05) is 4.90 Å². The molecule has 1 aromatic rings. The molecule has 0 spiro atoms. The van der Waals surface area contributed by atoms with Crippen molar-refractivity contribution < 1.29 is 10.5 Å². The van der Waals surface area contributed by atoms with Crippen LogP contribution in [0.25, 0.3) is 0 Å². The highest BCUT2D eigenvalue weighted by atomic mass is 16.2. The third kappa shape index (κ3) is 2.33. The molecule has 0 saturated carbocycles. The van der Waals surface area contributed by atoms with Gasteiger partial charge in [-0.2, -0.15) is 0 Å². The van der Waals surface area contributed by atoms with Crippen LogP contribution in [0, 0.1) is 0 Å². The van der Waals surface area contributed by atoms with Gasteiger partial charge in [0.15, 0.2) is 0 Å². The Labute approximate surface area is 89.1 Å². The molecule has 2 heterocycles. The summed E-state index contributed by atoms with van der Waals surface area (Å²) < 4.78 is 0. The van der Waals surface area contributed by atoms with Gasteiger partial charge in [-0.15, -0.1) is 0 Å². The maximum Gasteiger partial charge on any atom is 0.253 e. The first-order chi connectivity index (χ1) is 7.27. The second-order valence-corrected chi connectivity index (χ2v) is 3.97. The summed E-state index contributed by atoms with van der Waals surface area (Å²) in [4.78, 5) is 17.8. The van der Waals surface area contributed by atoms with Gasteiger partial charge in [0, 0.05) is 43.9 Å². The van der Waals surface area contributed by atoms with E-state index in [2.05, 4.69) is 10.7 Å². The van der Waals surface area contributed by atoms with Crippen molar-refractivity contribution >= 4 is 5.91 Å². The van der Waals surface area contributed by atoms with Gasteiger partial charge in [-0.05, 0) is 12.1 Å². The fraction of sp³-hybridized carbons (Fsp3) is 0.455. The molecule has 1 aliphatic heterocycles. The standard InChI is InChI=1S/C11H15N3O/c12-10-3-7-14(8-4-10)11(15)9-1-5-13-6-2-9/h1-2,5-6,10H,3-4,7-8,12H2/p+1. The van der Waals surface area contributed by atoms with Crippen molar-refractivity contribution in [2.75, 3.05) is 13.1 Å². The van der Waals surface area contributed by atoms with E-state index in [0.29, 0.717) is 6.04 Å². The first kappa shape index (κ1) is 10.1. The van der Waals surface area contributed by atoms with Crippen molar-refractivity contribution in [1.82, 2.24) is 9.88 Å². The summed E-state index contributed by atoms with van der Waals surface area (Å²) in [5.41, 5.74) is 4.75. The maximum absolute atomic E-state index is 12.0. The summed E-state index contributed by atoms with van der Waals surface area (Å²) in [6, 6.07) is 4.03. The molecule has 4 heteroatoms. The second-order valence-electron chi connectivity index (χ2n) is 3.97. The van der Waals surface area contributed by atoms with E-state index in [4.69, 9.17) is 0 Å². The Balaban J connectivity index is 2.03. The number of quaternary nitrogens is 1. The first-order valence-electron chi connectivity index (χ1n) is 5.30. The molecule has 2 rings (SSSR count). The van der Waals surface area contributed by atoms with E-state index in [1.54, 1.807) is 24.5 Å². The van der Waals surface area contributed by atoms with Crippen molar-refractivity contribution in [2.45, 2.75) is 18.9 Å². The lowest BCUT2D eigenvalue weighted by Gasteiger charge is -2.28. The largest absolute Gasteiger partial charge is 0.355 e. The van der Waals surface area contributed by atoms with Crippen LogP contribution < -0.4 is 5.73 Å². The van der Waals surface area contributed by atoms with Crippen LogP contribution in [0.1, 0.15) is 23.2 Å². The smallest absolute Gasteiger partial charge is 0.253 e. The number of rotatable bonds is 1. The summed E-state index contributed by atoms with van der Waals surface area (Å²) in [6.45, 7) is 1.66. The molecular formula is C11H16N3O+. The summed E-state index contributed by atoms with van der Waals surface area (Å²) in [5.74, 6) is 0.115. The highest BCUT2D eigenvalue weighted by molar-refractivity contribution is 5.94. The molecule has 0 aliphatic carbocycles. The molecule has 1 aromatic heterocycles. The molecule has 15 heavy (non-hydrogen) atoms. The van der Waals surface area contributed by atoms with Gasteiger partial charge in [-0.1, -0.05) is 0 Å². The molecule has 3 N–H and O–H groups in total. The van der Waals surface area contributed by atoms with Gasteiger partial charge >= 0.3 is 0 Å². The SMILES string of the molecule is [NH3+]C1CCN(C(=O)c2ccncc2)CC1. The van der Waals surface area contributed by atoms with Crippen molar-refractivity contribution in [1.29, 1.82) is 0 Å². The Morgan fingerprint density at radius 1 is 1.33 bits per heavy atom. The number of hydrogen-bond acceptors (Lipinski definition) is 2. The summed E-state index contributed by atoms with van der Waals surface area (Å²) in [6.07, 6.45) is 5.33. The summed E-state index contributed by atoms with van der Waals surface area (Å²) in [5, 5.41) is 0. The number of nitrogens with zero attached hydrogens (tertiary/aromatic N) is 2. The van der Waals surface area contributed by atoms with Crippen LogP contribution in [0.4, 0.5) is 0 Å². The Morgan fingerprint density at radius 2 is 1.93 bits per heavy atom. The minimum Gasteiger partial charge on any atom is -0.355 e. The van der Waals surface area contributed by atoms with Gasteiger partial charge in [0.1, 0.15) is 0 Å². The van der Waals surface area contributed by atoms with Crippen LogP contribution in [-0.4, -0.2) is 34.9 Å². The van der Waals surface area contributed by atoms with E-state index in [0.717, 1.165) is 31.5 Å². The maximum atomic E-state index is 12.0. The zero-order chi connectivity index (χ0) is 10.7. The normalized spacial score (nSPS) is 17.8. The Morgan fingerprint density at radius 3 is 2.53 bits per heavy atom. The quantitative estimate of drug-likeness (QED) is 0.699. The number of carbonyl (C=O) groups excluding carboxylic acids is 1. The van der Waals surface area contributed by atoms with Crippen molar-refractivity contribution in [3.8, 4) is 0 Å². The number of amides is 1. The van der Waals surface area contributed by atoms with Gasteiger partial charge < -0.3 is 10.6 Å². The van der Waals surface area contributed by atoms with Crippen molar-refractivity contribution in [3.05, 3.63) is 30.1 Å². The second kappa shape index (κ2) is 4.40. The number of aromatic nitrogens is 1. The van der Waals surface area contributed by atoms with Crippen LogP contribution in [0.5, 0.6) is 0 Å². The molecule has 1 aliphatic rings. The fourth-order valence-corrected chi connectivity index (χ4v) is 1.81. The molecule has 1 fully saturated rings. The number of pyridine rings is 1. The topological polar surface area (TPSA) is 60.8 Å². The molecule has 0 radical (unpaired) electrons. The summed E-state index contributed by atoms with van der Waals surface area (Å²) in [7, 11) is 0. The van der Waals surface area contributed by atoms with Gasteiger partial charge in [-0.3, -0.25) is 9.78 Å². The predicted octanol–water partition coefficient (Wildman–Crippen LogP) is -0.0719. The van der Waals surface area contributed by atoms with E-state index in [-0.39, 0.29) is 5.91 Å². The zero-order valence-corrected chi connectivity index (χ0v) is 8.72. The van der Waals surface area contributed by atoms with Crippen LogP contribution in [0.15, 0.2) is 24.5 Å². The van der Waals surface area contributed by atoms with Crippen LogP contribution in [-0.2, 0) is 0 Å². The number of piperidine rings is 1. The molecule has 0 aromatic carbocycles. The monoisotopic (exact) mass is 206 g/mol. The minimum absolute atomic E-state index is 0.115. The zero-order valence-electron chi connectivity index (χ0n) is 8.72. The predicted molar refractivity (Wildman–Crippen MR) is 56.1 cm³/mol. The van der Waals surface area contributed by atoms with E-state index in [1.165, 1.54) is 0 Å². The lowest BCUT2D eigenvalue weighted by atomic mass is 10.1.